The van der Waals surface area contributed by atoms with E-state index in [0.717, 1.165) is 11.1 Å². The molecule has 2 unspecified atom stereocenters. The lowest BCUT2D eigenvalue weighted by atomic mass is 10.1. The average molecular weight is 652 g/mol. The Hall–Kier alpha value is -4.08. The smallest absolute Gasteiger partial charge is 0.305 e. The van der Waals surface area contributed by atoms with E-state index in [1.807, 2.05) is 45.0 Å². The summed E-state index contributed by atoms with van der Waals surface area (Å²) in [5.41, 5.74) is 2.31. The summed E-state index contributed by atoms with van der Waals surface area (Å²) < 4.78 is 32.3. The summed E-state index contributed by atoms with van der Waals surface area (Å²) in [4.78, 5) is 49.9. The van der Waals surface area contributed by atoms with Crippen LogP contribution in [0.4, 0.5) is 5.69 Å². The Morgan fingerprint density at radius 1 is 0.818 bits per heavy atom. The topological polar surface area (TPSA) is 195 Å². The second kappa shape index (κ2) is 19.2. The molecule has 0 saturated carbocycles. The highest BCUT2D eigenvalue weighted by Gasteiger charge is 2.27. The number of benzene rings is 2. The molecule has 13 nitrogen and oxygen atoms in total. The van der Waals surface area contributed by atoms with Gasteiger partial charge in [0.25, 0.3) is 0 Å². The van der Waals surface area contributed by atoms with Crippen LogP contribution in [0.5, 0.6) is 0 Å². The van der Waals surface area contributed by atoms with E-state index in [1.165, 1.54) is 38.5 Å². The number of anilines is 1. The van der Waals surface area contributed by atoms with Crippen molar-refractivity contribution in [2.24, 2.45) is 5.14 Å². The molecule has 0 radical (unpaired) electrons. The summed E-state index contributed by atoms with van der Waals surface area (Å²) in [6.45, 7) is 6.14. The van der Waals surface area contributed by atoms with E-state index in [4.69, 9.17) is 17.4 Å². The average Bonchev–Trinajstić information content (AvgIpc) is 3.01. The summed E-state index contributed by atoms with van der Waals surface area (Å²) in [5.74, 6) is -2.30. The van der Waals surface area contributed by atoms with Crippen LogP contribution in [0.15, 0.2) is 53.4 Å². The van der Waals surface area contributed by atoms with Crippen molar-refractivity contribution >= 4 is 56.8 Å². The first kappa shape index (κ1) is 37.9. The Morgan fingerprint density at radius 3 is 1.80 bits per heavy atom. The molecule has 242 valence electrons. The first-order valence-electron chi connectivity index (χ1n) is 13.8. The molecule has 0 saturated heterocycles. The molecule has 15 heteroatoms. The monoisotopic (exact) mass is 651 g/mol. The number of carbonyl (C=O) groups is 4. The minimum atomic E-state index is -3.88. The summed E-state index contributed by atoms with van der Waals surface area (Å²) in [7, 11) is -1.45. The number of nitrogens with one attached hydrogen (secondary N) is 4. The number of carbonyl (C=O) groups excluding carboxylic acids is 4. The second-order valence-electron chi connectivity index (χ2n) is 9.21. The number of primary sulfonamides is 1. The van der Waals surface area contributed by atoms with Crippen LogP contribution >= 0.6 is 12.2 Å². The van der Waals surface area contributed by atoms with Gasteiger partial charge < -0.3 is 30.7 Å². The number of aryl methyl sites for hydroxylation is 1. The fourth-order valence-electron chi connectivity index (χ4n) is 3.61. The fourth-order valence-corrected chi connectivity index (χ4v) is 4.39. The predicted octanol–water partition coefficient (Wildman–Crippen LogP) is 2.03. The Labute approximate surface area is 263 Å². The number of ether oxygens (including phenoxy) is 2. The number of hydrogen-bond acceptors (Lipinski definition) is 9. The van der Waals surface area contributed by atoms with Gasteiger partial charge in [0.05, 0.1) is 19.1 Å². The highest BCUT2D eigenvalue weighted by atomic mass is 32.2. The lowest BCUT2D eigenvalue weighted by Gasteiger charge is -2.24. The summed E-state index contributed by atoms with van der Waals surface area (Å²) >= 11 is 5.32. The molecule has 44 heavy (non-hydrogen) atoms. The predicted molar refractivity (Wildman–Crippen MR) is 170 cm³/mol. The third-order valence-corrected chi connectivity index (χ3v) is 7.16. The normalized spacial score (nSPS) is 11.9. The number of hydrogen-bond donors (Lipinski definition) is 5. The maximum absolute atomic E-state index is 13.3. The molecule has 2 aromatic rings. The van der Waals surface area contributed by atoms with E-state index < -0.39 is 45.9 Å². The molecule has 0 aromatic heterocycles. The highest BCUT2D eigenvalue weighted by molar-refractivity contribution is 7.89. The zero-order chi connectivity index (χ0) is 33.3. The minimum absolute atomic E-state index is 0.0155. The van der Waals surface area contributed by atoms with Crippen LogP contribution < -0.4 is 26.4 Å². The number of sulfonamides is 1. The summed E-state index contributed by atoms with van der Waals surface area (Å²) in [6.07, 6.45) is -0.353. The molecule has 0 aliphatic carbocycles. The molecule has 2 atom stereocenters. The van der Waals surface area contributed by atoms with Crippen molar-refractivity contribution in [3.8, 4) is 0 Å². The highest BCUT2D eigenvalue weighted by Crippen LogP contribution is 2.13. The van der Waals surface area contributed by atoms with Crippen LogP contribution in [0, 0.1) is 6.92 Å². The van der Waals surface area contributed by atoms with Crippen molar-refractivity contribution in [3.63, 3.8) is 0 Å². The number of nitrogens with two attached hydrogens (primary N) is 1. The Bertz CT molecular complexity index is 1370. The standard InChI is InChI=1S/C27H35N5O8S2.C2H6/c1-17-4-6-18(7-5-17)16-29-25(35)21(12-14-23(33)39-2)31-26(36)22(13-15-24(34)40-3)32-27(41)30-19-8-10-20(11-9-19)42(28,37)38;1-2/h4-11,21-22H,12-16H2,1-3H3,(H,29,35)(H,31,36)(H2,28,37,38)(H2,30,32,41);1-2H3. The maximum atomic E-state index is 13.3. The number of thiocarbonyl (C=S) groups is 1. The lowest BCUT2D eigenvalue weighted by Crippen LogP contribution is -2.54. The molecule has 0 fully saturated rings. The van der Waals surface area contributed by atoms with Crippen LogP contribution in [0.1, 0.15) is 50.7 Å². The maximum Gasteiger partial charge on any atom is 0.305 e. The van der Waals surface area contributed by atoms with Crippen molar-refractivity contribution in [1.82, 2.24) is 16.0 Å². The SMILES string of the molecule is CC.COC(=O)CCC(NC(=O)C(CCC(=O)OC)NC(=S)Nc1ccc(S(N)(=O)=O)cc1)C(=O)NCc1ccc(C)cc1. The minimum Gasteiger partial charge on any atom is -0.469 e. The Morgan fingerprint density at radius 2 is 1.32 bits per heavy atom. The molecule has 0 aliphatic rings. The van der Waals surface area contributed by atoms with E-state index >= 15 is 0 Å². The van der Waals surface area contributed by atoms with Crippen molar-refractivity contribution in [3.05, 3.63) is 59.7 Å². The largest absolute Gasteiger partial charge is 0.469 e. The van der Waals surface area contributed by atoms with Gasteiger partial charge in [0.15, 0.2) is 5.11 Å². The number of methoxy groups -OCH3 is 2. The van der Waals surface area contributed by atoms with Crippen LogP contribution in [0.3, 0.4) is 0 Å². The zero-order valence-electron chi connectivity index (χ0n) is 25.5. The van der Waals surface area contributed by atoms with Crippen molar-refractivity contribution in [2.75, 3.05) is 19.5 Å². The van der Waals surface area contributed by atoms with Gasteiger partial charge in [0, 0.05) is 25.1 Å². The first-order chi connectivity index (χ1) is 20.8. The first-order valence-corrected chi connectivity index (χ1v) is 15.8. The Balaban J connectivity index is 0.00000474. The quantitative estimate of drug-likeness (QED) is 0.148. The van der Waals surface area contributed by atoms with E-state index in [0.29, 0.717) is 5.69 Å². The van der Waals surface area contributed by atoms with Crippen LogP contribution in [-0.4, -0.2) is 63.6 Å². The number of amides is 2. The summed E-state index contributed by atoms with van der Waals surface area (Å²) in [5, 5.41) is 16.1. The van der Waals surface area contributed by atoms with Gasteiger partial charge in [0.1, 0.15) is 12.1 Å². The third-order valence-electron chi connectivity index (χ3n) is 6.01. The van der Waals surface area contributed by atoms with Gasteiger partial charge in [-0.2, -0.15) is 0 Å². The molecule has 2 aromatic carbocycles. The number of esters is 2. The second-order valence-corrected chi connectivity index (χ2v) is 11.2. The molecule has 6 N–H and O–H groups in total. The van der Waals surface area contributed by atoms with Crippen molar-refractivity contribution < 1.29 is 37.1 Å². The van der Waals surface area contributed by atoms with Gasteiger partial charge >= 0.3 is 11.9 Å². The third kappa shape index (κ3) is 13.9. The van der Waals surface area contributed by atoms with Gasteiger partial charge in [-0.1, -0.05) is 43.7 Å². The van der Waals surface area contributed by atoms with Crippen LogP contribution in [0.25, 0.3) is 0 Å². The van der Waals surface area contributed by atoms with Gasteiger partial charge in [-0.25, -0.2) is 13.6 Å². The molecule has 0 heterocycles. The Kier molecular flexibility index (Phi) is 16.6. The molecular weight excluding hydrogens is 610 g/mol. The molecule has 0 spiro atoms. The molecule has 2 amide bonds. The van der Waals surface area contributed by atoms with E-state index in [-0.39, 0.29) is 42.2 Å². The van der Waals surface area contributed by atoms with Gasteiger partial charge in [-0.05, 0) is 61.8 Å². The zero-order valence-corrected chi connectivity index (χ0v) is 27.1. The molecular formula is C29H41N5O8S2. The lowest BCUT2D eigenvalue weighted by molar-refractivity contribution is -0.142. The van der Waals surface area contributed by atoms with Gasteiger partial charge in [-0.3, -0.25) is 19.2 Å². The summed E-state index contributed by atoms with van der Waals surface area (Å²) in [6, 6.07) is 10.8. The van der Waals surface area contributed by atoms with Crippen molar-refractivity contribution in [1.29, 1.82) is 0 Å². The molecule has 2 rings (SSSR count). The van der Waals surface area contributed by atoms with Gasteiger partial charge in [-0.15, -0.1) is 0 Å². The van der Waals surface area contributed by atoms with E-state index in [1.54, 1.807) is 0 Å². The van der Waals surface area contributed by atoms with E-state index in [9.17, 15) is 27.6 Å². The molecule has 0 aliphatic heterocycles. The fraction of sp³-hybridized carbons (Fsp3) is 0.414. The molecule has 0 bridgehead atoms. The van der Waals surface area contributed by atoms with Crippen LogP contribution in [0.2, 0.25) is 0 Å². The number of rotatable bonds is 14. The van der Waals surface area contributed by atoms with E-state index in [2.05, 4.69) is 30.7 Å². The van der Waals surface area contributed by atoms with Gasteiger partial charge in [0.2, 0.25) is 21.8 Å². The van der Waals surface area contributed by atoms with Crippen molar-refractivity contribution in [2.45, 2.75) is 70.0 Å². The van der Waals surface area contributed by atoms with Crippen LogP contribution in [-0.2, 0) is 45.2 Å².